The maximum Gasteiger partial charge on any atom is 0.246 e. The zero-order valence-electron chi connectivity index (χ0n) is 13.8. The Balaban J connectivity index is 1.79. The van der Waals surface area contributed by atoms with E-state index in [0.717, 1.165) is 25.5 Å². The number of hydrogen-bond donors (Lipinski definition) is 2. The number of nitrogens with zero attached hydrogens (tertiary/aromatic N) is 1. The third-order valence-corrected chi connectivity index (χ3v) is 6.37. The maximum atomic E-state index is 14.2. The first kappa shape index (κ1) is 18.2. The fourth-order valence-electron chi connectivity index (χ4n) is 3.02. The summed E-state index contributed by atoms with van der Waals surface area (Å²) in [5.74, 6) is -1.18. The number of morpholine rings is 1. The van der Waals surface area contributed by atoms with Crippen LogP contribution >= 0.6 is 0 Å². The Labute approximate surface area is 146 Å². The zero-order chi connectivity index (χ0) is 17.9. The van der Waals surface area contributed by atoms with Crippen LogP contribution in [-0.2, 0) is 19.6 Å². The average molecular weight is 371 g/mol. The van der Waals surface area contributed by atoms with Gasteiger partial charge in [-0.2, -0.15) is 4.31 Å². The third-order valence-electron chi connectivity index (χ3n) is 4.45. The minimum absolute atomic E-state index is 0.168. The molecule has 0 radical (unpaired) electrons. The lowest BCUT2D eigenvalue weighted by Crippen LogP contribution is -2.41. The predicted octanol–water partition coefficient (Wildman–Crippen LogP) is 0.785. The molecule has 0 aromatic heterocycles. The van der Waals surface area contributed by atoms with Gasteiger partial charge >= 0.3 is 0 Å². The molecule has 2 aliphatic heterocycles. The highest BCUT2D eigenvalue weighted by Crippen LogP contribution is 2.24. The molecule has 0 bridgehead atoms. The Hall–Kier alpha value is -1.55. The van der Waals surface area contributed by atoms with Crippen molar-refractivity contribution >= 4 is 21.6 Å². The summed E-state index contributed by atoms with van der Waals surface area (Å²) in [6, 6.07) is 3.64. The number of amides is 1. The second-order valence-corrected chi connectivity index (χ2v) is 8.10. The van der Waals surface area contributed by atoms with E-state index in [1.54, 1.807) is 0 Å². The molecule has 0 aliphatic carbocycles. The van der Waals surface area contributed by atoms with Crippen LogP contribution in [0.5, 0.6) is 0 Å². The number of carbonyl (C=O) groups excluding carboxylic acids is 1. The summed E-state index contributed by atoms with van der Waals surface area (Å²) < 4.78 is 45.8. The van der Waals surface area contributed by atoms with Crippen LogP contribution in [0.1, 0.15) is 12.8 Å². The van der Waals surface area contributed by atoms with Crippen LogP contribution < -0.4 is 10.6 Å². The van der Waals surface area contributed by atoms with Gasteiger partial charge in [0.25, 0.3) is 0 Å². The molecule has 2 heterocycles. The number of rotatable bonds is 4. The molecular formula is C16H22FN3O4S. The fourth-order valence-corrected chi connectivity index (χ4v) is 4.52. The minimum atomic E-state index is -3.96. The van der Waals surface area contributed by atoms with Gasteiger partial charge in [-0.25, -0.2) is 12.8 Å². The van der Waals surface area contributed by atoms with E-state index in [4.69, 9.17) is 4.74 Å². The van der Waals surface area contributed by atoms with Crippen molar-refractivity contribution in [3.05, 3.63) is 24.0 Å². The topological polar surface area (TPSA) is 87.7 Å². The lowest BCUT2D eigenvalue weighted by atomic mass is 9.99. The monoisotopic (exact) mass is 371 g/mol. The molecule has 138 valence electrons. The number of nitrogens with one attached hydrogen (secondary N) is 2. The molecule has 2 N–H and O–H groups in total. The van der Waals surface area contributed by atoms with Gasteiger partial charge in [0.2, 0.25) is 15.9 Å². The fraction of sp³-hybridized carbons (Fsp3) is 0.562. The van der Waals surface area contributed by atoms with Crippen molar-refractivity contribution in [1.29, 1.82) is 0 Å². The van der Waals surface area contributed by atoms with Crippen molar-refractivity contribution in [2.75, 3.05) is 44.7 Å². The SMILES string of the molecule is O=C(Nc1ccc(F)c(S(=O)(=O)N2CCOCC2)c1)C1CCCNC1. The lowest BCUT2D eigenvalue weighted by molar-refractivity contribution is -0.120. The second-order valence-electron chi connectivity index (χ2n) is 6.19. The van der Waals surface area contributed by atoms with Gasteiger partial charge in [0.1, 0.15) is 10.7 Å². The average Bonchev–Trinajstić information content (AvgIpc) is 2.64. The molecule has 1 amide bonds. The molecule has 9 heteroatoms. The van der Waals surface area contributed by atoms with Crippen LogP contribution in [0, 0.1) is 11.7 Å². The number of halogens is 1. The zero-order valence-corrected chi connectivity index (χ0v) is 14.6. The Morgan fingerprint density at radius 3 is 2.76 bits per heavy atom. The first-order valence-corrected chi connectivity index (χ1v) is 9.81. The van der Waals surface area contributed by atoms with E-state index >= 15 is 0 Å². The van der Waals surface area contributed by atoms with E-state index in [2.05, 4.69) is 10.6 Å². The standard InChI is InChI=1S/C16H22FN3O4S/c17-14-4-3-13(19-16(21)12-2-1-5-18-11-12)10-15(14)25(22,23)20-6-8-24-9-7-20/h3-4,10,12,18H,1-2,5-9,11H2,(H,19,21). The van der Waals surface area contributed by atoms with Crippen LogP contribution in [0.3, 0.4) is 0 Å². The largest absolute Gasteiger partial charge is 0.379 e. The van der Waals surface area contributed by atoms with Crippen molar-refractivity contribution < 1.29 is 22.3 Å². The molecule has 2 fully saturated rings. The molecular weight excluding hydrogens is 349 g/mol. The number of piperidine rings is 1. The number of hydrogen-bond acceptors (Lipinski definition) is 5. The van der Waals surface area contributed by atoms with Crippen LogP contribution in [0.2, 0.25) is 0 Å². The summed E-state index contributed by atoms with van der Waals surface area (Å²) in [5.41, 5.74) is 0.281. The Kier molecular flexibility index (Phi) is 5.67. The van der Waals surface area contributed by atoms with Gasteiger partial charge in [0.15, 0.2) is 0 Å². The number of anilines is 1. The number of ether oxygens (including phenoxy) is 1. The molecule has 1 atom stereocenters. The van der Waals surface area contributed by atoms with Gasteiger partial charge in [0, 0.05) is 25.3 Å². The number of carbonyl (C=O) groups is 1. The van der Waals surface area contributed by atoms with Crippen molar-refractivity contribution in [3.63, 3.8) is 0 Å². The van der Waals surface area contributed by atoms with Gasteiger partial charge in [-0.1, -0.05) is 0 Å². The normalized spacial score (nSPS) is 22.5. The van der Waals surface area contributed by atoms with Gasteiger partial charge in [0.05, 0.1) is 19.1 Å². The van der Waals surface area contributed by atoms with Crippen LogP contribution in [0.4, 0.5) is 10.1 Å². The van der Waals surface area contributed by atoms with E-state index in [1.807, 2.05) is 0 Å². The van der Waals surface area contributed by atoms with Crippen molar-refractivity contribution in [2.24, 2.45) is 5.92 Å². The van der Waals surface area contributed by atoms with Gasteiger partial charge < -0.3 is 15.4 Å². The van der Waals surface area contributed by atoms with Gasteiger partial charge in [-0.3, -0.25) is 4.79 Å². The van der Waals surface area contributed by atoms with Crippen LogP contribution in [-0.4, -0.2) is 58.0 Å². The second kappa shape index (κ2) is 7.77. The summed E-state index contributed by atoms with van der Waals surface area (Å²) >= 11 is 0. The van der Waals surface area contributed by atoms with Gasteiger partial charge in [-0.05, 0) is 37.6 Å². The summed E-state index contributed by atoms with van der Waals surface area (Å²) in [7, 11) is -3.96. The summed E-state index contributed by atoms with van der Waals surface area (Å²) in [6.07, 6.45) is 1.69. The van der Waals surface area contributed by atoms with Crippen molar-refractivity contribution in [2.45, 2.75) is 17.7 Å². The van der Waals surface area contributed by atoms with E-state index in [0.29, 0.717) is 6.54 Å². The summed E-state index contributed by atoms with van der Waals surface area (Å²) in [4.78, 5) is 11.9. The highest BCUT2D eigenvalue weighted by molar-refractivity contribution is 7.89. The molecule has 25 heavy (non-hydrogen) atoms. The summed E-state index contributed by atoms with van der Waals surface area (Å²) in [6.45, 7) is 2.42. The third kappa shape index (κ3) is 4.17. The molecule has 7 nitrogen and oxygen atoms in total. The Bertz CT molecular complexity index is 729. The molecule has 1 aromatic rings. The van der Waals surface area contributed by atoms with Crippen LogP contribution in [0.25, 0.3) is 0 Å². The lowest BCUT2D eigenvalue weighted by Gasteiger charge is -2.26. The number of sulfonamides is 1. The van der Waals surface area contributed by atoms with Crippen molar-refractivity contribution in [3.8, 4) is 0 Å². The molecule has 1 unspecified atom stereocenters. The predicted molar refractivity (Wildman–Crippen MR) is 90.2 cm³/mol. The molecule has 0 saturated carbocycles. The quantitative estimate of drug-likeness (QED) is 0.817. The van der Waals surface area contributed by atoms with E-state index in [-0.39, 0.29) is 43.8 Å². The maximum absolute atomic E-state index is 14.2. The molecule has 2 saturated heterocycles. The van der Waals surface area contributed by atoms with Crippen molar-refractivity contribution in [1.82, 2.24) is 9.62 Å². The molecule has 2 aliphatic rings. The first-order chi connectivity index (χ1) is 12.0. The van der Waals surface area contributed by atoms with E-state index in [1.165, 1.54) is 16.4 Å². The highest BCUT2D eigenvalue weighted by atomic mass is 32.2. The van der Waals surface area contributed by atoms with E-state index < -0.39 is 20.7 Å². The van der Waals surface area contributed by atoms with Gasteiger partial charge in [-0.15, -0.1) is 0 Å². The molecule has 3 rings (SSSR count). The number of benzene rings is 1. The Morgan fingerprint density at radius 2 is 2.08 bits per heavy atom. The summed E-state index contributed by atoms with van der Waals surface area (Å²) in [5, 5.41) is 5.86. The highest BCUT2D eigenvalue weighted by Gasteiger charge is 2.29. The molecule has 0 spiro atoms. The first-order valence-electron chi connectivity index (χ1n) is 8.37. The smallest absolute Gasteiger partial charge is 0.246 e. The Morgan fingerprint density at radius 1 is 1.32 bits per heavy atom. The van der Waals surface area contributed by atoms with Crippen LogP contribution in [0.15, 0.2) is 23.1 Å². The minimum Gasteiger partial charge on any atom is -0.379 e. The molecule has 1 aromatic carbocycles. The van der Waals surface area contributed by atoms with E-state index in [9.17, 15) is 17.6 Å².